The number of amides is 1. The molecular formula is C19H27ClN2O5S. The Hall–Kier alpha value is -1.19. The van der Waals surface area contributed by atoms with Gasteiger partial charge >= 0.3 is 0 Å². The standard InChI is InChI=1S/C19H27ClN2O5S/c1-2-22(12-14-7-9-26-13-14)19(23)15-5-6-17(20)18(10-15)28(24,25)21-11-16-4-3-8-27-16/h5-6,10,14,16,21H,2-4,7-9,11-13H2,1H3. The van der Waals surface area contributed by atoms with Gasteiger partial charge in [-0.15, -0.1) is 0 Å². The minimum absolute atomic E-state index is 0.0849. The molecule has 9 heteroatoms. The smallest absolute Gasteiger partial charge is 0.253 e. The summed E-state index contributed by atoms with van der Waals surface area (Å²) in [4.78, 5) is 14.6. The lowest BCUT2D eigenvalue weighted by atomic mass is 10.1. The van der Waals surface area contributed by atoms with E-state index in [1.54, 1.807) is 11.0 Å². The summed E-state index contributed by atoms with van der Waals surface area (Å²) in [6.45, 7) is 5.25. The summed E-state index contributed by atoms with van der Waals surface area (Å²) in [7, 11) is -3.84. The molecule has 2 aliphatic heterocycles. The summed E-state index contributed by atoms with van der Waals surface area (Å²) in [5.41, 5.74) is 0.308. The number of nitrogens with zero attached hydrogens (tertiary/aromatic N) is 1. The highest BCUT2D eigenvalue weighted by Gasteiger charge is 2.26. The molecule has 2 atom stereocenters. The fraction of sp³-hybridized carbons (Fsp3) is 0.632. The van der Waals surface area contributed by atoms with E-state index in [0.717, 1.165) is 25.9 Å². The summed E-state index contributed by atoms with van der Waals surface area (Å²) in [5, 5.41) is 0.0867. The Balaban J connectivity index is 1.74. The summed E-state index contributed by atoms with van der Waals surface area (Å²) in [5.74, 6) is 0.106. The third kappa shape index (κ3) is 5.24. The molecule has 3 rings (SSSR count). The number of carbonyl (C=O) groups excluding carboxylic acids is 1. The lowest BCUT2D eigenvalue weighted by Gasteiger charge is -2.24. The van der Waals surface area contributed by atoms with E-state index in [1.165, 1.54) is 12.1 Å². The molecule has 1 N–H and O–H groups in total. The summed E-state index contributed by atoms with van der Waals surface area (Å²) in [6.07, 6.45) is 2.56. The van der Waals surface area contributed by atoms with Crippen molar-refractivity contribution in [2.45, 2.75) is 37.2 Å². The van der Waals surface area contributed by atoms with E-state index in [-0.39, 0.29) is 28.5 Å². The molecule has 1 aromatic carbocycles. The van der Waals surface area contributed by atoms with Gasteiger partial charge in [-0.1, -0.05) is 11.6 Å². The molecule has 2 unspecified atom stereocenters. The van der Waals surface area contributed by atoms with Gasteiger partial charge in [-0.2, -0.15) is 0 Å². The van der Waals surface area contributed by atoms with Crippen LogP contribution in [0.5, 0.6) is 0 Å². The number of halogens is 1. The molecule has 0 saturated carbocycles. The van der Waals surface area contributed by atoms with E-state index in [9.17, 15) is 13.2 Å². The van der Waals surface area contributed by atoms with Crippen molar-refractivity contribution < 1.29 is 22.7 Å². The van der Waals surface area contributed by atoms with Crippen LogP contribution in [-0.4, -0.2) is 64.8 Å². The topological polar surface area (TPSA) is 84.9 Å². The van der Waals surface area contributed by atoms with Crippen LogP contribution in [0.25, 0.3) is 0 Å². The highest BCUT2D eigenvalue weighted by Crippen LogP contribution is 2.24. The Bertz CT molecular complexity index is 790. The number of benzene rings is 1. The van der Waals surface area contributed by atoms with E-state index in [4.69, 9.17) is 21.1 Å². The Morgan fingerprint density at radius 3 is 2.79 bits per heavy atom. The van der Waals surface area contributed by atoms with E-state index in [2.05, 4.69) is 4.72 Å². The number of sulfonamides is 1. The number of hydrogen-bond acceptors (Lipinski definition) is 5. The van der Waals surface area contributed by atoms with Crippen LogP contribution in [0.3, 0.4) is 0 Å². The van der Waals surface area contributed by atoms with Gasteiger partial charge in [0.25, 0.3) is 5.91 Å². The van der Waals surface area contributed by atoms with Crippen molar-refractivity contribution in [1.29, 1.82) is 0 Å². The van der Waals surface area contributed by atoms with E-state index in [1.807, 2.05) is 6.92 Å². The molecule has 2 aliphatic rings. The van der Waals surface area contributed by atoms with Gasteiger partial charge in [-0.05, 0) is 44.4 Å². The van der Waals surface area contributed by atoms with Crippen LogP contribution < -0.4 is 4.72 Å². The third-order valence-corrected chi connectivity index (χ3v) is 7.07. The first-order valence-electron chi connectivity index (χ1n) is 9.68. The van der Waals surface area contributed by atoms with E-state index in [0.29, 0.717) is 37.8 Å². The molecule has 7 nitrogen and oxygen atoms in total. The molecule has 28 heavy (non-hydrogen) atoms. The van der Waals surface area contributed by atoms with Gasteiger partial charge in [-0.3, -0.25) is 4.79 Å². The minimum atomic E-state index is -3.84. The zero-order chi connectivity index (χ0) is 20.1. The Kier molecular flexibility index (Phi) is 7.33. The average molecular weight is 431 g/mol. The lowest BCUT2D eigenvalue weighted by Crippen LogP contribution is -2.36. The summed E-state index contributed by atoms with van der Waals surface area (Å²) in [6, 6.07) is 4.38. The summed E-state index contributed by atoms with van der Waals surface area (Å²) < 4.78 is 38.8. The first-order chi connectivity index (χ1) is 13.4. The molecule has 1 aromatic rings. The Morgan fingerprint density at radius 1 is 1.32 bits per heavy atom. The second-order valence-electron chi connectivity index (χ2n) is 7.21. The quantitative estimate of drug-likeness (QED) is 0.684. The van der Waals surface area contributed by atoms with Gasteiger partial charge in [0.05, 0.1) is 17.7 Å². The van der Waals surface area contributed by atoms with Crippen LogP contribution in [0.15, 0.2) is 23.1 Å². The molecule has 0 bridgehead atoms. The second kappa shape index (κ2) is 9.54. The van der Waals surface area contributed by atoms with Crippen molar-refractivity contribution in [3.63, 3.8) is 0 Å². The largest absolute Gasteiger partial charge is 0.381 e. The first kappa shape index (κ1) is 21.5. The van der Waals surface area contributed by atoms with Gasteiger partial charge in [-0.25, -0.2) is 13.1 Å². The molecule has 1 amide bonds. The molecule has 0 spiro atoms. The van der Waals surface area contributed by atoms with Gasteiger partial charge in [0.2, 0.25) is 10.0 Å². The molecule has 2 saturated heterocycles. The third-order valence-electron chi connectivity index (χ3n) is 5.16. The van der Waals surface area contributed by atoms with Crippen molar-refractivity contribution in [2.24, 2.45) is 5.92 Å². The number of rotatable bonds is 8. The van der Waals surface area contributed by atoms with Crippen LogP contribution in [0.2, 0.25) is 5.02 Å². The first-order valence-corrected chi connectivity index (χ1v) is 11.5. The van der Waals surface area contributed by atoms with Crippen LogP contribution >= 0.6 is 11.6 Å². The number of carbonyl (C=O) groups is 1. The number of hydrogen-bond donors (Lipinski definition) is 1. The molecule has 2 heterocycles. The van der Waals surface area contributed by atoms with Gasteiger partial charge < -0.3 is 14.4 Å². The highest BCUT2D eigenvalue weighted by atomic mass is 35.5. The lowest BCUT2D eigenvalue weighted by molar-refractivity contribution is 0.0730. The second-order valence-corrected chi connectivity index (χ2v) is 9.35. The SMILES string of the molecule is CCN(CC1CCOC1)C(=O)c1ccc(Cl)c(S(=O)(=O)NCC2CCCO2)c1. The molecule has 0 aliphatic carbocycles. The highest BCUT2D eigenvalue weighted by molar-refractivity contribution is 7.89. The fourth-order valence-corrected chi connectivity index (χ4v) is 5.10. The number of ether oxygens (including phenoxy) is 2. The minimum Gasteiger partial charge on any atom is -0.381 e. The maximum Gasteiger partial charge on any atom is 0.253 e. The zero-order valence-electron chi connectivity index (χ0n) is 16.0. The van der Waals surface area contributed by atoms with E-state index < -0.39 is 10.0 Å². The molecule has 156 valence electrons. The van der Waals surface area contributed by atoms with Gasteiger partial charge in [0, 0.05) is 44.3 Å². The van der Waals surface area contributed by atoms with Crippen LogP contribution in [0.1, 0.15) is 36.5 Å². The van der Waals surface area contributed by atoms with Crippen LogP contribution in [0, 0.1) is 5.92 Å². The fourth-order valence-electron chi connectivity index (χ4n) is 3.51. The zero-order valence-corrected chi connectivity index (χ0v) is 17.6. The average Bonchev–Trinajstić information content (AvgIpc) is 3.38. The molecule has 2 fully saturated rings. The normalized spacial score (nSPS) is 22.5. The van der Waals surface area contributed by atoms with Crippen molar-refractivity contribution in [2.75, 3.05) is 39.5 Å². The monoisotopic (exact) mass is 430 g/mol. The van der Waals surface area contributed by atoms with Crippen LogP contribution in [-0.2, 0) is 19.5 Å². The van der Waals surface area contributed by atoms with Gasteiger partial charge in [0.15, 0.2) is 0 Å². The number of nitrogens with one attached hydrogen (secondary N) is 1. The predicted molar refractivity (Wildman–Crippen MR) is 106 cm³/mol. The molecular weight excluding hydrogens is 404 g/mol. The van der Waals surface area contributed by atoms with Gasteiger partial charge in [0.1, 0.15) is 4.90 Å². The van der Waals surface area contributed by atoms with E-state index >= 15 is 0 Å². The van der Waals surface area contributed by atoms with Crippen molar-refractivity contribution >= 4 is 27.5 Å². The Morgan fingerprint density at radius 2 is 2.14 bits per heavy atom. The maximum absolute atomic E-state index is 12.9. The van der Waals surface area contributed by atoms with Crippen molar-refractivity contribution in [3.8, 4) is 0 Å². The van der Waals surface area contributed by atoms with Crippen molar-refractivity contribution in [3.05, 3.63) is 28.8 Å². The van der Waals surface area contributed by atoms with Crippen LogP contribution in [0.4, 0.5) is 0 Å². The predicted octanol–water partition coefficient (Wildman–Crippen LogP) is 2.30. The van der Waals surface area contributed by atoms with Crippen molar-refractivity contribution in [1.82, 2.24) is 9.62 Å². The maximum atomic E-state index is 12.9. The Labute approximate surface area is 171 Å². The summed E-state index contributed by atoms with van der Waals surface area (Å²) >= 11 is 6.14. The molecule has 0 radical (unpaired) electrons. The molecule has 0 aromatic heterocycles.